The van der Waals surface area contributed by atoms with Crippen LogP contribution in [0.3, 0.4) is 0 Å². The number of nitrogens with one attached hydrogen (secondary N) is 1. The Labute approximate surface area is 125 Å². The maximum atomic E-state index is 11.7. The molecule has 0 saturated carbocycles. The van der Waals surface area contributed by atoms with Crippen LogP contribution >= 0.6 is 15.9 Å². The molecule has 2 aromatic rings. The minimum absolute atomic E-state index is 0.240. The van der Waals surface area contributed by atoms with Crippen LogP contribution in [0.1, 0.15) is 5.56 Å². The van der Waals surface area contributed by atoms with E-state index in [4.69, 9.17) is 9.47 Å². The minimum Gasteiger partial charge on any atom is -0.496 e. The third-order valence-electron chi connectivity index (χ3n) is 2.61. The fraction of sp³-hybridized carbons (Fsp3) is 0.133. The van der Waals surface area contributed by atoms with Crippen molar-refractivity contribution in [3.05, 3.63) is 58.6 Å². The van der Waals surface area contributed by atoms with Crippen molar-refractivity contribution in [2.45, 2.75) is 6.61 Å². The maximum absolute atomic E-state index is 11.7. The van der Waals surface area contributed by atoms with Crippen molar-refractivity contribution in [2.24, 2.45) is 0 Å². The SMILES string of the molecule is COc1ccc(NC(=O)OCc2ccccc2)cc1Br. The molecule has 4 nitrogen and oxygen atoms in total. The van der Waals surface area contributed by atoms with E-state index in [0.717, 1.165) is 10.0 Å². The third kappa shape index (κ3) is 3.99. The zero-order valence-corrected chi connectivity index (χ0v) is 12.5. The van der Waals surface area contributed by atoms with E-state index in [0.29, 0.717) is 11.4 Å². The molecule has 0 heterocycles. The lowest BCUT2D eigenvalue weighted by Gasteiger charge is -2.09. The van der Waals surface area contributed by atoms with Crippen LogP contribution in [0.2, 0.25) is 0 Å². The predicted octanol–water partition coefficient (Wildman–Crippen LogP) is 4.21. The van der Waals surface area contributed by atoms with E-state index in [2.05, 4.69) is 21.2 Å². The summed E-state index contributed by atoms with van der Waals surface area (Å²) >= 11 is 3.36. The Morgan fingerprint density at radius 1 is 1.20 bits per heavy atom. The number of ether oxygens (including phenoxy) is 2. The Morgan fingerprint density at radius 2 is 1.95 bits per heavy atom. The van der Waals surface area contributed by atoms with Crippen molar-refractivity contribution in [3.63, 3.8) is 0 Å². The maximum Gasteiger partial charge on any atom is 0.411 e. The molecule has 20 heavy (non-hydrogen) atoms. The second-order valence-corrected chi connectivity index (χ2v) is 4.89. The lowest BCUT2D eigenvalue weighted by molar-refractivity contribution is 0.155. The van der Waals surface area contributed by atoms with Crippen LogP contribution in [0.5, 0.6) is 5.75 Å². The van der Waals surface area contributed by atoms with Gasteiger partial charge < -0.3 is 9.47 Å². The van der Waals surface area contributed by atoms with E-state index in [1.165, 1.54) is 0 Å². The van der Waals surface area contributed by atoms with Crippen molar-refractivity contribution in [3.8, 4) is 5.75 Å². The number of benzene rings is 2. The molecule has 1 N–H and O–H groups in total. The highest BCUT2D eigenvalue weighted by Gasteiger charge is 2.06. The van der Waals surface area contributed by atoms with Crippen molar-refractivity contribution < 1.29 is 14.3 Å². The van der Waals surface area contributed by atoms with Crippen molar-refractivity contribution in [2.75, 3.05) is 12.4 Å². The molecule has 0 bridgehead atoms. The van der Waals surface area contributed by atoms with Crippen LogP contribution in [0.25, 0.3) is 0 Å². The van der Waals surface area contributed by atoms with Crippen molar-refractivity contribution in [1.29, 1.82) is 0 Å². The monoisotopic (exact) mass is 335 g/mol. The van der Waals surface area contributed by atoms with Gasteiger partial charge >= 0.3 is 6.09 Å². The zero-order chi connectivity index (χ0) is 14.4. The minimum atomic E-state index is -0.495. The summed E-state index contributed by atoms with van der Waals surface area (Å²) in [4.78, 5) is 11.7. The van der Waals surface area contributed by atoms with E-state index in [-0.39, 0.29) is 6.61 Å². The van der Waals surface area contributed by atoms with Crippen LogP contribution in [0.4, 0.5) is 10.5 Å². The smallest absolute Gasteiger partial charge is 0.411 e. The topological polar surface area (TPSA) is 47.6 Å². The average Bonchev–Trinajstić information content (AvgIpc) is 2.46. The first-order valence-electron chi connectivity index (χ1n) is 6.00. The molecule has 0 atom stereocenters. The van der Waals surface area contributed by atoms with Crippen molar-refractivity contribution >= 4 is 27.7 Å². The molecule has 0 aliphatic carbocycles. The molecule has 0 aromatic heterocycles. The number of carbonyl (C=O) groups is 1. The average molecular weight is 336 g/mol. The summed E-state index contributed by atoms with van der Waals surface area (Å²) in [7, 11) is 1.58. The molecule has 104 valence electrons. The molecular weight excluding hydrogens is 322 g/mol. The summed E-state index contributed by atoms with van der Waals surface area (Å²) in [5.74, 6) is 0.702. The lowest BCUT2D eigenvalue weighted by Crippen LogP contribution is -2.13. The summed E-state index contributed by atoms with van der Waals surface area (Å²) in [6.45, 7) is 0.240. The van der Waals surface area contributed by atoms with Gasteiger partial charge in [-0.2, -0.15) is 0 Å². The number of hydrogen-bond acceptors (Lipinski definition) is 3. The van der Waals surface area contributed by atoms with Crippen LogP contribution in [-0.4, -0.2) is 13.2 Å². The van der Waals surface area contributed by atoms with Gasteiger partial charge in [-0.25, -0.2) is 4.79 Å². The molecule has 0 saturated heterocycles. The van der Waals surface area contributed by atoms with E-state index < -0.39 is 6.09 Å². The molecule has 2 rings (SSSR count). The number of carbonyl (C=O) groups excluding carboxylic acids is 1. The standard InChI is InChI=1S/C15H14BrNO3/c1-19-14-8-7-12(9-13(14)16)17-15(18)20-10-11-5-3-2-4-6-11/h2-9H,10H2,1H3,(H,17,18). The van der Waals surface area contributed by atoms with Gasteiger partial charge in [0.1, 0.15) is 12.4 Å². The Bertz CT molecular complexity index is 587. The molecule has 2 aromatic carbocycles. The first-order chi connectivity index (χ1) is 9.69. The third-order valence-corrected chi connectivity index (χ3v) is 3.23. The number of halogens is 1. The van der Waals surface area contributed by atoms with Gasteiger partial charge in [-0.3, -0.25) is 5.32 Å². The molecule has 0 unspecified atom stereocenters. The van der Waals surface area contributed by atoms with E-state index in [1.807, 2.05) is 30.3 Å². The highest BCUT2D eigenvalue weighted by atomic mass is 79.9. The van der Waals surface area contributed by atoms with Crippen LogP contribution < -0.4 is 10.1 Å². The highest BCUT2D eigenvalue weighted by Crippen LogP contribution is 2.27. The number of rotatable bonds is 4. The van der Waals surface area contributed by atoms with Gasteiger partial charge in [0.15, 0.2) is 0 Å². The lowest BCUT2D eigenvalue weighted by atomic mass is 10.2. The molecule has 0 aliphatic heterocycles. The molecular formula is C15H14BrNO3. The fourth-order valence-electron chi connectivity index (χ4n) is 1.62. The summed E-state index contributed by atoms with van der Waals surface area (Å²) in [6, 6.07) is 14.8. The first-order valence-corrected chi connectivity index (χ1v) is 6.79. The van der Waals surface area contributed by atoms with Gasteiger partial charge in [-0.05, 0) is 39.7 Å². The Morgan fingerprint density at radius 3 is 2.60 bits per heavy atom. The van der Waals surface area contributed by atoms with E-state index in [9.17, 15) is 4.79 Å². The van der Waals surface area contributed by atoms with Gasteiger partial charge in [0.05, 0.1) is 11.6 Å². The quantitative estimate of drug-likeness (QED) is 0.910. The molecule has 1 amide bonds. The van der Waals surface area contributed by atoms with Gasteiger partial charge in [-0.1, -0.05) is 30.3 Å². The molecule has 5 heteroatoms. The van der Waals surface area contributed by atoms with Crippen LogP contribution in [-0.2, 0) is 11.3 Å². The molecule has 0 aliphatic rings. The second-order valence-electron chi connectivity index (χ2n) is 4.04. The normalized spacial score (nSPS) is 9.90. The van der Waals surface area contributed by atoms with Crippen LogP contribution in [0, 0.1) is 0 Å². The largest absolute Gasteiger partial charge is 0.496 e. The second kappa shape index (κ2) is 6.96. The number of anilines is 1. The summed E-state index contributed by atoms with van der Waals surface area (Å²) in [5, 5.41) is 2.66. The molecule has 0 spiro atoms. The Kier molecular flexibility index (Phi) is 5.01. The van der Waals surface area contributed by atoms with Gasteiger partial charge in [0.25, 0.3) is 0 Å². The van der Waals surface area contributed by atoms with Gasteiger partial charge in [-0.15, -0.1) is 0 Å². The summed E-state index contributed by atoms with van der Waals surface area (Å²) in [5.41, 5.74) is 1.58. The van der Waals surface area contributed by atoms with Gasteiger partial charge in [0.2, 0.25) is 0 Å². The van der Waals surface area contributed by atoms with E-state index >= 15 is 0 Å². The first kappa shape index (κ1) is 14.4. The summed E-state index contributed by atoms with van der Waals surface area (Å²) in [6.07, 6.45) is -0.495. The Balaban J connectivity index is 1.90. The Hall–Kier alpha value is -2.01. The predicted molar refractivity (Wildman–Crippen MR) is 80.9 cm³/mol. The van der Waals surface area contributed by atoms with Gasteiger partial charge in [0, 0.05) is 5.69 Å². The number of methoxy groups -OCH3 is 1. The molecule has 0 fully saturated rings. The highest BCUT2D eigenvalue weighted by molar-refractivity contribution is 9.10. The van der Waals surface area contributed by atoms with Crippen molar-refractivity contribution in [1.82, 2.24) is 0 Å². The molecule has 0 radical (unpaired) electrons. The number of amides is 1. The van der Waals surface area contributed by atoms with E-state index in [1.54, 1.807) is 25.3 Å². The van der Waals surface area contributed by atoms with Crippen LogP contribution in [0.15, 0.2) is 53.0 Å². The summed E-state index contributed by atoms with van der Waals surface area (Å²) < 4.78 is 11.0. The fourth-order valence-corrected chi connectivity index (χ4v) is 2.16. The number of hydrogen-bond donors (Lipinski definition) is 1. The zero-order valence-electron chi connectivity index (χ0n) is 10.9.